The lowest BCUT2D eigenvalue weighted by Gasteiger charge is -2.12. The number of halogens is 2. The molecule has 1 N–H and O–H groups in total. The molecule has 0 spiro atoms. The van der Waals surface area contributed by atoms with E-state index in [1.165, 1.54) is 11.8 Å². The van der Waals surface area contributed by atoms with Gasteiger partial charge in [0, 0.05) is 10.6 Å². The third kappa shape index (κ3) is 3.86. The molecule has 0 unspecified atom stereocenters. The maximum atomic E-state index is 13.7. The van der Waals surface area contributed by atoms with Crippen LogP contribution in [0.3, 0.4) is 0 Å². The van der Waals surface area contributed by atoms with E-state index in [-0.39, 0.29) is 0 Å². The van der Waals surface area contributed by atoms with Crippen LogP contribution in [-0.2, 0) is 10.0 Å². The van der Waals surface area contributed by atoms with Crippen LogP contribution in [0.15, 0.2) is 64.9 Å². The molecule has 0 heterocycles. The first-order chi connectivity index (χ1) is 10.4. The molecule has 0 radical (unpaired) electrons. The SMILES string of the molecule is C=CCSc1ccccc1NS(=O)(=O)c1cc(F)ccc1F. The number of hydrogen-bond donors (Lipinski definition) is 1. The van der Waals surface area contributed by atoms with Crippen LogP contribution < -0.4 is 4.72 Å². The maximum absolute atomic E-state index is 13.7. The fraction of sp³-hybridized carbons (Fsp3) is 0.0667. The van der Waals surface area contributed by atoms with Crippen molar-refractivity contribution in [2.45, 2.75) is 9.79 Å². The van der Waals surface area contributed by atoms with Crippen molar-refractivity contribution in [1.29, 1.82) is 0 Å². The second-order valence-electron chi connectivity index (χ2n) is 4.28. The van der Waals surface area contributed by atoms with Crippen molar-refractivity contribution in [3.63, 3.8) is 0 Å². The zero-order valence-electron chi connectivity index (χ0n) is 11.4. The second kappa shape index (κ2) is 6.93. The van der Waals surface area contributed by atoms with Crippen LogP contribution in [0.1, 0.15) is 0 Å². The van der Waals surface area contributed by atoms with Gasteiger partial charge in [0.25, 0.3) is 10.0 Å². The molecule has 0 aliphatic heterocycles. The van der Waals surface area contributed by atoms with Gasteiger partial charge in [0.05, 0.1) is 5.69 Å². The van der Waals surface area contributed by atoms with Crippen molar-refractivity contribution < 1.29 is 17.2 Å². The first-order valence-electron chi connectivity index (χ1n) is 6.24. The first kappa shape index (κ1) is 16.5. The van der Waals surface area contributed by atoms with E-state index in [0.29, 0.717) is 22.4 Å². The Bertz CT molecular complexity index is 792. The Labute approximate surface area is 132 Å². The first-order valence-corrected chi connectivity index (χ1v) is 8.71. The molecule has 0 fully saturated rings. The van der Waals surface area contributed by atoms with Gasteiger partial charge in [-0.2, -0.15) is 0 Å². The van der Waals surface area contributed by atoms with Crippen LogP contribution in [0.2, 0.25) is 0 Å². The van der Waals surface area contributed by atoms with Gasteiger partial charge < -0.3 is 0 Å². The van der Waals surface area contributed by atoms with Gasteiger partial charge in [-0.25, -0.2) is 17.2 Å². The molecule has 0 bridgehead atoms. The number of benzene rings is 2. The average Bonchev–Trinajstić information content (AvgIpc) is 2.48. The molecule has 0 aliphatic carbocycles. The highest BCUT2D eigenvalue weighted by Gasteiger charge is 2.21. The molecule has 2 rings (SSSR count). The van der Waals surface area contributed by atoms with E-state index >= 15 is 0 Å². The molecular weight excluding hydrogens is 328 g/mol. The molecule has 0 amide bonds. The van der Waals surface area contributed by atoms with Gasteiger partial charge in [-0.3, -0.25) is 4.72 Å². The fourth-order valence-corrected chi connectivity index (χ4v) is 3.69. The topological polar surface area (TPSA) is 46.2 Å². The minimum Gasteiger partial charge on any atom is -0.278 e. The molecule has 7 heteroatoms. The number of hydrogen-bond acceptors (Lipinski definition) is 3. The number of rotatable bonds is 6. The van der Waals surface area contributed by atoms with Crippen LogP contribution in [0.25, 0.3) is 0 Å². The summed E-state index contributed by atoms with van der Waals surface area (Å²) in [4.78, 5) is -0.0567. The lowest BCUT2D eigenvalue weighted by molar-refractivity contribution is 0.555. The maximum Gasteiger partial charge on any atom is 0.264 e. The molecule has 116 valence electrons. The van der Waals surface area contributed by atoms with Crippen LogP contribution >= 0.6 is 11.8 Å². The minimum atomic E-state index is -4.22. The number of nitrogens with one attached hydrogen (secondary N) is 1. The predicted molar refractivity (Wildman–Crippen MR) is 84.5 cm³/mol. The number of para-hydroxylation sites is 1. The zero-order valence-corrected chi connectivity index (χ0v) is 13.1. The number of thioether (sulfide) groups is 1. The third-order valence-electron chi connectivity index (χ3n) is 2.67. The Morgan fingerprint density at radius 1 is 1.18 bits per heavy atom. The van der Waals surface area contributed by atoms with Crippen molar-refractivity contribution >= 4 is 27.5 Å². The van der Waals surface area contributed by atoms with Crippen LogP contribution in [0, 0.1) is 11.6 Å². The second-order valence-corrected chi connectivity index (χ2v) is 6.99. The van der Waals surface area contributed by atoms with Crippen molar-refractivity contribution in [2.75, 3.05) is 10.5 Å². The van der Waals surface area contributed by atoms with Gasteiger partial charge in [-0.15, -0.1) is 18.3 Å². The summed E-state index contributed by atoms with van der Waals surface area (Å²) in [5.74, 6) is -1.24. The van der Waals surface area contributed by atoms with E-state index in [9.17, 15) is 17.2 Å². The van der Waals surface area contributed by atoms with E-state index in [2.05, 4.69) is 11.3 Å². The summed E-state index contributed by atoms with van der Waals surface area (Å²) in [6, 6.07) is 8.99. The summed E-state index contributed by atoms with van der Waals surface area (Å²) < 4.78 is 53.7. The summed E-state index contributed by atoms with van der Waals surface area (Å²) in [6.07, 6.45) is 1.68. The summed E-state index contributed by atoms with van der Waals surface area (Å²) in [7, 11) is -4.22. The third-order valence-corrected chi connectivity index (χ3v) is 5.12. The highest BCUT2D eigenvalue weighted by atomic mass is 32.2. The average molecular weight is 341 g/mol. The Morgan fingerprint density at radius 3 is 2.64 bits per heavy atom. The van der Waals surface area contributed by atoms with Gasteiger partial charge in [-0.05, 0) is 30.3 Å². The largest absolute Gasteiger partial charge is 0.278 e. The van der Waals surface area contributed by atoms with E-state index in [1.807, 2.05) is 0 Å². The summed E-state index contributed by atoms with van der Waals surface area (Å²) in [6.45, 7) is 3.60. The monoisotopic (exact) mass is 341 g/mol. The van der Waals surface area contributed by atoms with Gasteiger partial charge in [-0.1, -0.05) is 18.2 Å². The lowest BCUT2D eigenvalue weighted by atomic mass is 10.3. The van der Waals surface area contributed by atoms with Gasteiger partial charge in [0.2, 0.25) is 0 Å². The molecule has 0 aromatic heterocycles. The summed E-state index contributed by atoms with van der Waals surface area (Å²) >= 11 is 1.38. The minimum absolute atomic E-state index is 0.304. The molecule has 0 saturated carbocycles. The summed E-state index contributed by atoms with van der Waals surface area (Å²) in [5.41, 5.74) is 0.304. The quantitative estimate of drug-likeness (QED) is 0.637. The van der Waals surface area contributed by atoms with E-state index < -0.39 is 26.6 Å². The predicted octanol–water partition coefficient (Wildman–Crippen LogP) is 4.04. The molecule has 2 aromatic rings. The Morgan fingerprint density at radius 2 is 1.91 bits per heavy atom. The van der Waals surface area contributed by atoms with Crippen molar-refractivity contribution in [3.8, 4) is 0 Å². The molecular formula is C15H13F2NO2S2. The number of sulfonamides is 1. The zero-order chi connectivity index (χ0) is 16.2. The lowest BCUT2D eigenvalue weighted by Crippen LogP contribution is -2.15. The van der Waals surface area contributed by atoms with Crippen molar-refractivity contribution in [3.05, 3.63) is 66.8 Å². The molecule has 0 aliphatic rings. The van der Waals surface area contributed by atoms with E-state index in [1.54, 1.807) is 30.3 Å². The van der Waals surface area contributed by atoms with Crippen LogP contribution in [0.5, 0.6) is 0 Å². The molecule has 3 nitrogen and oxygen atoms in total. The van der Waals surface area contributed by atoms with Gasteiger partial charge >= 0.3 is 0 Å². The molecule has 22 heavy (non-hydrogen) atoms. The summed E-state index contributed by atoms with van der Waals surface area (Å²) in [5, 5.41) is 0. The standard InChI is InChI=1S/C15H13F2NO2S2/c1-2-9-21-14-6-4-3-5-13(14)18-22(19,20)15-10-11(16)7-8-12(15)17/h2-8,10,18H,1,9H2. The van der Waals surface area contributed by atoms with Gasteiger partial charge in [0.1, 0.15) is 16.5 Å². The molecule has 2 aromatic carbocycles. The van der Waals surface area contributed by atoms with Crippen LogP contribution in [-0.4, -0.2) is 14.2 Å². The molecule has 0 atom stereocenters. The number of anilines is 1. The Hall–Kier alpha value is -1.86. The smallest absolute Gasteiger partial charge is 0.264 e. The fourth-order valence-electron chi connectivity index (χ4n) is 1.71. The highest BCUT2D eigenvalue weighted by Crippen LogP contribution is 2.29. The molecule has 0 saturated heterocycles. The van der Waals surface area contributed by atoms with E-state index in [0.717, 1.165) is 12.1 Å². The Kier molecular flexibility index (Phi) is 5.20. The van der Waals surface area contributed by atoms with Crippen LogP contribution in [0.4, 0.5) is 14.5 Å². The Balaban J connectivity index is 2.37. The van der Waals surface area contributed by atoms with Crippen molar-refractivity contribution in [1.82, 2.24) is 0 Å². The van der Waals surface area contributed by atoms with Crippen molar-refractivity contribution in [2.24, 2.45) is 0 Å². The van der Waals surface area contributed by atoms with Gasteiger partial charge in [0.15, 0.2) is 0 Å². The highest BCUT2D eigenvalue weighted by molar-refractivity contribution is 7.99. The normalized spacial score (nSPS) is 11.2. The van der Waals surface area contributed by atoms with E-state index in [4.69, 9.17) is 0 Å².